The molecule has 2 heterocycles. The van der Waals surface area contributed by atoms with Gasteiger partial charge in [-0.15, -0.1) is 0 Å². The van der Waals surface area contributed by atoms with Crippen molar-refractivity contribution in [3.05, 3.63) is 46.3 Å². The number of hydrogen-bond donors (Lipinski definition) is 1. The van der Waals surface area contributed by atoms with Gasteiger partial charge in [-0.05, 0) is 89.7 Å². The van der Waals surface area contributed by atoms with E-state index in [-0.39, 0.29) is 26.1 Å². The topological polar surface area (TPSA) is 138 Å². The summed E-state index contributed by atoms with van der Waals surface area (Å²) in [7, 11) is -0.748. The highest BCUT2D eigenvalue weighted by Gasteiger charge is 2.26. The first kappa shape index (κ1) is 50.7. The minimum Gasteiger partial charge on any atom is -0.466 e. The number of ether oxygens (including phenoxy) is 2. The van der Waals surface area contributed by atoms with Gasteiger partial charge in [-0.2, -0.15) is 0 Å². The van der Waals surface area contributed by atoms with Gasteiger partial charge in [0.05, 0.1) is 13.2 Å². The summed E-state index contributed by atoms with van der Waals surface area (Å²) >= 11 is 0. The molecule has 0 fully saturated rings. The first-order valence-corrected chi connectivity index (χ1v) is 23.7. The Morgan fingerprint density at radius 2 is 1.14 bits per heavy atom. The summed E-state index contributed by atoms with van der Waals surface area (Å²) in [5.41, 5.74) is 2.52. The average molecular weight is 824 g/mol. The molecule has 1 N–H and O–H groups in total. The Balaban J connectivity index is 1.63. The molecule has 1 unspecified atom stereocenters. The smallest absolute Gasteiger partial charge is 0.466 e. The van der Waals surface area contributed by atoms with E-state index < -0.39 is 32.5 Å². The molecule has 0 saturated carbocycles. The highest BCUT2D eigenvalue weighted by molar-refractivity contribution is 7.47. The zero-order chi connectivity index (χ0) is 41.7. The van der Waals surface area contributed by atoms with Crippen LogP contribution in [0.25, 0.3) is 0 Å². The zero-order valence-corrected chi connectivity index (χ0v) is 37.4. The van der Waals surface area contributed by atoms with Crippen LogP contribution in [0.15, 0.2) is 21.0 Å². The number of phosphoric acid groups is 1. The van der Waals surface area contributed by atoms with Crippen LogP contribution in [0.2, 0.25) is 0 Å². The Morgan fingerprint density at radius 3 is 1.67 bits per heavy atom. The molecule has 328 valence electrons. The summed E-state index contributed by atoms with van der Waals surface area (Å²) < 4.78 is 45.7. The first-order valence-electron chi connectivity index (χ1n) is 22.2. The summed E-state index contributed by atoms with van der Waals surface area (Å²) in [6, 6.07) is 4.36. The lowest BCUT2D eigenvalue weighted by Gasteiger charge is -2.20. The number of rotatable bonds is 36. The fourth-order valence-electron chi connectivity index (χ4n) is 6.77. The maximum atomic E-state index is 12.7. The minimum absolute atomic E-state index is 0.00580. The Morgan fingerprint density at radius 1 is 0.649 bits per heavy atom. The van der Waals surface area contributed by atoms with Gasteiger partial charge < -0.3 is 28.1 Å². The Kier molecular flexibility index (Phi) is 27.2. The normalized spacial score (nSPS) is 13.3. The molecule has 0 spiro atoms. The maximum Gasteiger partial charge on any atom is 0.472 e. The number of hydrogen-bond acceptors (Lipinski definition) is 10. The van der Waals surface area contributed by atoms with E-state index in [2.05, 4.69) is 39.8 Å². The zero-order valence-electron chi connectivity index (χ0n) is 36.5. The van der Waals surface area contributed by atoms with Gasteiger partial charge in [-0.1, -0.05) is 90.9 Å². The molecule has 0 amide bonds. The summed E-state index contributed by atoms with van der Waals surface area (Å²) in [6.07, 6.45) is 22.5. The molecule has 0 bridgehead atoms. The van der Waals surface area contributed by atoms with Gasteiger partial charge in [0.1, 0.15) is 29.6 Å². The summed E-state index contributed by atoms with van der Waals surface area (Å²) in [5.74, 6) is 3.59. The third kappa shape index (κ3) is 24.9. The predicted molar refractivity (Wildman–Crippen MR) is 227 cm³/mol. The van der Waals surface area contributed by atoms with Crippen molar-refractivity contribution in [2.75, 3.05) is 40.5 Å². The maximum absolute atomic E-state index is 12.7. The van der Waals surface area contributed by atoms with Gasteiger partial charge in [-0.25, -0.2) is 4.57 Å². The van der Waals surface area contributed by atoms with Crippen LogP contribution in [0.5, 0.6) is 0 Å². The molecule has 0 aromatic carbocycles. The van der Waals surface area contributed by atoms with Crippen molar-refractivity contribution >= 4 is 19.8 Å². The second-order valence-corrected chi connectivity index (χ2v) is 17.4. The van der Waals surface area contributed by atoms with E-state index in [9.17, 15) is 19.0 Å². The summed E-state index contributed by atoms with van der Waals surface area (Å²) in [6.45, 7) is 8.39. The number of phosphoric ester groups is 1. The third-order valence-electron chi connectivity index (χ3n) is 10.2. The third-order valence-corrected chi connectivity index (χ3v) is 11.2. The summed E-state index contributed by atoms with van der Waals surface area (Å²) in [5, 5.41) is 0. The second kappa shape index (κ2) is 30.6. The van der Waals surface area contributed by atoms with Gasteiger partial charge >= 0.3 is 19.8 Å². The molecule has 2 aromatic heterocycles. The van der Waals surface area contributed by atoms with E-state index >= 15 is 0 Å². The van der Waals surface area contributed by atoms with Crippen LogP contribution in [0, 0.1) is 13.8 Å². The Labute approximate surface area is 344 Å². The average Bonchev–Trinajstić information content (AvgIpc) is 3.70. The van der Waals surface area contributed by atoms with Crippen molar-refractivity contribution in [1.29, 1.82) is 0 Å². The molecule has 57 heavy (non-hydrogen) atoms. The molecular formula is C45H78NO10P. The lowest BCUT2D eigenvalue weighted by Crippen LogP contribution is -2.29. The molecule has 0 aliphatic rings. The molecule has 2 rings (SSSR count). The number of nitrogens with zero attached hydrogens (tertiary/aromatic N) is 1. The van der Waals surface area contributed by atoms with Gasteiger partial charge in [0.15, 0.2) is 6.10 Å². The van der Waals surface area contributed by atoms with Gasteiger partial charge in [0.25, 0.3) is 0 Å². The van der Waals surface area contributed by atoms with Crippen LogP contribution in [0.4, 0.5) is 0 Å². The standard InChI is InChI=1S/C45H78NO10P/c1-7-9-20-26-40-34-38(4)43(55-40)28-22-17-14-15-19-24-30-45(48)56-41(36-53-57(49,50)52-32-31-46(5)6)35-51-44(47)29-23-18-13-11-10-12-16-21-27-42-37(3)33-39(54-42)25-8-2/h33-34,41H,7-32,35-36H2,1-6H3,(H,49,50)/t41-/m1/s1. The highest BCUT2D eigenvalue weighted by atomic mass is 31.2. The van der Waals surface area contributed by atoms with Crippen LogP contribution < -0.4 is 0 Å². The first-order chi connectivity index (χ1) is 27.4. The van der Waals surface area contributed by atoms with Crippen molar-refractivity contribution in [3.63, 3.8) is 0 Å². The number of unbranched alkanes of at least 4 members (excludes halogenated alkanes) is 14. The molecule has 0 saturated heterocycles. The molecule has 12 heteroatoms. The largest absolute Gasteiger partial charge is 0.472 e. The van der Waals surface area contributed by atoms with Crippen LogP contribution >= 0.6 is 7.82 Å². The quantitative estimate of drug-likeness (QED) is 0.0399. The number of esters is 2. The molecule has 11 nitrogen and oxygen atoms in total. The Hall–Kier alpha value is -2.43. The van der Waals surface area contributed by atoms with Gasteiger partial charge in [0, 0.05) is 45.1 Å². The van der Waals surface area contributed by atoms with E-state index in [4.69, 9.17) is 27.4 Å². The summed E-state index contributed by atoms with van der Waals surface area (Å²) in [4.78, 5) is 37.2. The molecule has 2 atom stereocenters. The van der Waals surface area contributed by atoms with Crippen molar-refractivity contribution in [2.24, 2.45) is 0 Å². The molecular weight excluding hydrogens is 745 g/mol. The van der Waals surface area contributed by atoms with Crippen LogP contribution in [-0.4, -0.2) is 68.3 Å². The van der Waals surface area contributed by atoms with Crippen molar-refractivity contribution in [1.82, 2.24) is 4.90 Å². The van der Waals surface area contributed by atoms with E-state index in [0.717, 1.165) is 113 Å². The monoisotopic (exact) mass is 824 g/mol. The fourth-order valence-corrected chi connectivity index (χ4v) is 7.51. The van der Waals surface area contributed by atoms with E-state index in [0.29, 0.717) is 19.4 Å². The molecule has 2 aromatic rings. The molecule has 0 aliphatic carbocycles. The predicted octanol–water partition coefficient (Wildman–Crippen LogP) is 11.4. The number of furan rings is 2. The van der Waals surface area contributed by atoms with E-state index in [1.165, 1.54) is 49.7 Å². The molecule has 0 radical (unpaired) electrons. The van der Waals surface area contributed by atoms with Gasteiger partial charge in [0.2, 0.25) is 0 Å². The van der Waals surface area contributed by atoms with Gasteiger partial charge in [-0.3, -0.25) is 18.6 Å². The van der Waals surface area contributed by atoms with E-state index in [1.54, 1.807) is 0 Å². The number of aryl methyl sites for hydroxylation is 6. The SMILES string of the molecule is CCCCCc1cc(C)c(CCCCCCCCC(=O)O[C@H](COC(=O)CCCCCCCCCCc2oc(CCC)cc2C)COP(=O)(O)OCCN(C)C)o1. The van der Waals surface area contributed by atoms with Crippen LogP contribution in [0.3, 0.4) is 0 Å². The van der Waals surface area contributed by atoms with Crippen molar-refractivity contribution in [2.45, 2.75) is 188 Å². The fraction of sp³-hybridized carbons (Fsp3) is 0.778. The lowest BCUT2D eigenvalue weighted by atomic mass is 10.1. The second-order valence-electron chi connectivity index (χ2n) is 16.0. The number of carbonyl (C=O) groups excluding carboxylic acids is 2. The lowest BCUT2D eigenvalue weighted by molar-refractivity contribution is -0.161. The number of carbonyl (C=O) groups is 2. The number of likely N-dealkylation sites (N-methyl/N-ethyl adjacent to an activating group) is 1. The Bertz CT molecular complexity index is 1400. The molecule has 0 aliphatic heterocycles. The van der Waals surface area contributed by atoms with Crippen LogP contribution in [-0.2, 0) is 58.4 Å². The highest BCUT2D eigenvalue weighted by Crippen LogP contribution is 2.43. The van der Waals surface area contributed by atoms with Crippen molar-refractivity contribution in [3.8, 4) is 0 Å². The van der Waals surface area contributed by atoms with Crippen molar-refractivity contribution < 1.29 is 46.4 Å². The van der Waals surface area contributed by atoms with E-state index in [1.807, 2.05) is 19.0 Å². The minimum atomic E-state index is -4.39. The van der Waals surface area contributed by atoms with Crippen LogP contribution in [0.1, 0.15) is 176 Å².